The number of rotatable bonds is 4. The third-order valence-electron chi connectivity index (χ3n) is 4.21. The van der Waals surface area contributed by atoms with E-state index >= 15 is 0 Å². The summed E-state index contributed by atoms with van der Waals surface area (Å²) in [6.45, 7) is 1.07. The molecule has 132 valence electrons. The first-order chi connectivity index (χ1) is 12.1. The number of carbonyl (C=O) groups is 2. The second-order valence-electron chi connectivity index (χ2n) is 5.83. The lowest BCUT2D eigenvalue weighted by Gasteiger charge is -2.30. The predicted octanol–water partition coefficient (Wildman–Crippen LogP) is 1.41. The van der Waals surface area contributed by atoms with Gasteiger partial charge in [-0.2, -0.15) is 4.80 Å². The minimum Gasteiger partial charge on any atom is -0.469 e. The molecule has 1 aliphatic rings. The third-order valence-corrected chi connectivity index (χ3v) is 4.47. The molecule has 1 saturated heterocycles. The Morgan fingerprint density at radius 2 is 1.92 bits per heavy atom. The Hall–Kier alpha value is -2.48. The number of halogens is 1. The van der Waals surface area contributed by atoms with Gasteiger partial charge in [-0.1, -0.05) is 11.6 Å². The molecule has 3 rings (SSSR count). The fraction of sp³-hybridized carbons (Fsp3) is 0.438. The van der Waals surface area contributed by atoms with Crippen molar-refractivity contribution in [2.45, 2.75) is 19.4 Å². The Morgan fingerprint density at radius 1 is 1.24 bits per heavy atom. The van der Waals surface area contributed by atoms with E-state index in [-0.39, 0.29) is 24.3 Å². The van der Waals surface area contributed by atoms with Crippen LogP contribution in [0.15, 0.2) is 24.3 Å². The second-order valence-corrected chi connectivity index (χ2v) is 6.26. The van der Waals surface area contributed by atoms with Crippen LogP contribution in [0, 0.1) is 5.92 Å². The average Bonchev–Trinajstić information content (AvgIpc) is 3.10. The zero-order valence-corrected chi connectivity index (χ0v) is 14.5. The molecule has 0 unspecified atom stereocenters. The Balaban J connectivity index is 1.57. The van der Waals surface area contributed by atoms with Gasteiger partial charge >= 0.3 is 5.97 Å². The summed E-state index contributed by atoms with van der Waals surface area (Å²) in [5, 5.41) is 12.8. The van der Waals surface area contributed by atoms with Crippen LogP contribution in [0.3, 0.4) is 0 Å². The molecular weight excluding hydrogens is 346 g/mol. The number of carbonyl (C=O) groups excluding carboxylic acids is 2. The number of methoxy groups -OCH3 is 1. The van der Waals surface area contributed by atoms with Crippen LogP contribution >= 0.6 is 11.6 Å². The van der Waals surface area contributed by atoms with E-state index in [2.05, 4.69) is 15.4 Å². The van der Waals surface area contributed by atoms with E-state index in [4.69, 9.17) is 16.3 Å². The minimum absolute atomic E-state index is 0.0173. The maximum absolute atomic E-state index is 12.4. The number of tetrazole rings is 1. The zero-order valence-electron chi connectivity index (χ0n) is 13.8. The second kappa shape index (κ2) is 7.60. The van der Waals surface area contributed by atoms with Gasteiger partial charge in [-0.25, -0.2) is 0 Å². The maximum Gasteiger partial charge on any atom is 0.308 e. The van der Waals surface area contributed by atoms with Gasteiger partial charge in [0, 0.05) is 23.7 Å². The third kappa shape index (κ3) is 4.14. The summed E-state index contributed by atoms with van der Waals surface area (Å²) in [6.07, 6.45) is 1.22. The van der Waals surface area contributed by atoms with Crippen LogP contribution in [0.1, 0.15) is 12.8 Å². The molecule has 0 bridgehead atoms. The first-order valence-corrected chi connectivity index (χ1v) is 8.34. The maximum atomic E-state index is 12.4. The van der Waals surface area contributed by atoms with Gasteiger partial charge in [-0.05, 0) is 42.3 Å². The smallest absolute Gasteiger partial charge is 0.308 e. The summed E-state index contributed by atoms with van der Waals surface area (Å²) in [7, 11) is 1.38. The molecule has 0 saturated carbocycles. The summed E-state index contributed by atoms with van der Waals surface area (Å²) < 4.78 is 4.75. The topological polar surface area (TPSA) is 90.2 Å². The molecule has 0 atom stereocenters. The van der Waals surface area contributed by atoms with Gasteiger partial charge in [0.2, 0.25) is 11.7 Å². The van der Waals surface area contributed by atoms with E-state index in [1.54, 1.807) is 29.2 Å². The zero-order chi connectivity index (χ0) is 17.8. The highest BCUT2D eigenvalue weighted by Crippen LogP contribution is 2.19. The number of aromatic nitrogens is 4. The molecule has 0 spiro atoms. The lowest BCUT2D eigenvalue weighted by atomic mass is 9.97. The van der Waals surface area contributed by atoms with Crippen molar-refractivity contribution in [2.75, 3.05) is 20.2 Å². The number of nitrogens with zero attached hydrogens (tertiary/aromatic N) is 5. The molecule has 0 aliphatic carbocycles. The Morgan fingerprint density at radius 3 is 2.56 bits per heavy atom. The van der Waals surface area contributed by atoms with Gasteiger partial charge in [0.15, 0.2) is 0 Å². The van der Waals surface area contributed by atoms with Gasteiger partial charge in [-0.15, -0.1) is 10.2 Å². The van der Waals surface area contributed by atoms with Crippen LogP contribution in [-0.4, -0.2) is 57.2 Å². The number of hydrogen-bond acceptors (Lipinski definition) is 6. The molecule has 0 radical (unpaired) electrons. The van der Waals surface area contributed by atoms with E-state index in [9.17, 15) is 9.59 Å². The van der Waals surface area contributed by atoms with Gasteiger partial charge < -0.3 is 9.64 Å². The van der Waals surface area contributed by atoms with Crippen LogP contribution in [0.4, 0.5) is 0 Å². The molecule has 9 heteroatoms. The van der Waals surface area contributed by atoms with Crippen molar-refractivity contribution in [3.63, 3.8) is 0 Å². The number of benzene rings is 1. The summed E-state index contributed by atoms with van der Waals surface area (Å²) in [5.41, 5.74) is 0.780. The lowest BCUT2D eigenvalue weighted by molar-refractivity contribution is -0.149. The first kappa shape index (κ1) is 17.3. The van der Waals surface area contributed by atoms with Gasteiger partial charge in [0.05, 0.1) is 13.0 Å². The highest BCUT2D eigenvalue weighted by atomic mass is 35.5. The molecule has 1 fully saturated rings. The number of amides is 1. The number of piperidine rings is 1. The van der Waals surface area contributed by atoms with E-state index in [0.29, 0.717) is 36.8 Å². The molecule has 2 aromatic rings. The summed E-state index contributed by atoms with van der Waals surface area (Å²) in [5.74, 6) is 0.00457. The fourth-order valence-corrected chi connectivity index (χ4v) is 2.90. The number of ether oxygens (including phenoxy) is 1. The lowest BCUT2D eigenvalue weighted by Crippen LogP contribution is -2.42. The highest BCUT2D eigenvalue weighted by Gasteiger charge is 2.28. The van der Waals surface area contributed by atoms with Crippen molar-refractivity contribution in [3.05, 3.63) is 29.3 Å². The molecule has 8 nitrogen and oxygen atoms in total. The molecular formula is C16H18ClN5O3. The predicted molar refractivity (Wildman–Crippen MR) is 89.6 cm³/mol. The summed E-state index contributed by atoms with van der Waals surface area (Å²) >= 11 is 5.86. The van der Waals surface area contributed by atoms with Crippen molar-refractivity contribution in [2.24, 2.45) is 5.92 Å². The first-order valence-electron chi connectivity index (χ1n) is 7.96. The summed E-state index contributed by atoms with van der Waals surface area (Å²) in [4.78, 5) is 26.9. The van der Waals surface area contributed by atoms with Crippen LogP contribution in [0.2, 0.25) is 5.02 Å². The van der Waals surface area contributed by atoms with Gasteiger partial charge in [0.1, 0.15) is 6.54 Å². The van der Waals surface area contributed by atoms with Crippen molar-refractivity contribution in [3.8, 4) is 11.4 Å². The largest absolute Gasteiger partial charge is 0.469 e. The van der Waals surface area contributed by atoms with Gasteiger partial charge in [0.25, 0.3) is 0 Å². The van der Waals surface area contributed by atoms with E-state index in [1.807, 2.05) is 0 Å². The SMILES string of the molecule is COC(=O)C1CCN(C(=O)Cn2nnc(-c3ccc(Cl)cc3)n2)CC1. The summed E-state index contributed by atoms with van der Waals surface area (Å²) in [6, 6.07) is 7.08. The van der Waals surface area contributed by atoms with Crippen LogP contribution < -0.4 is 0 Å². The molecule has 1 aromatic carbocycles. The Kier molecular flexibility index (Phi) is 5.28. The number of esters is 1. The van der Waals surface area contributed by atoms with Crippen molar-refractivity contribution < 1.29 is 14.3 Å². The molecule has 0 N–H and O–H groups in total. The number of likely N-dealkylation sites (tertiary alicyclic amines) is 1. The molecule has 25 heavy (non-hydrogen) atoms. The van der Waals surface area contributed by atoms with Crippen LogP contribution in [0.25, 0.3) is 11.4 Å². The van der Waals surface area contributed by atoms with Crippen molar-refractivity contribution in [1.82, 2.24) is 25.1 Å². The minimum atomic E-state index is -0.211. The van der Waals surface area contributed by atoms with Crippen LogP contribution in [0.5, 0.6) is 0 Å². The van der Waals surface area contributed by atoms with Crippen LogP contribution in [-0.2, 0) is 20.9 Å². The molecule has 1 aliphatic heterocycles. The monoisotopic (exact) mass is 363 g/mol. The standard InChI is InChI=1S/C16H18ClN5O3/c1-25-16(24)12-6-8-21(9-7-12)14(23)10-22-19-15(18-20-22)11-2-4-13(17)5-3-11/h2-5,12H,6-10H2,1H3. The normalized spacial score (nSPS) is 15.2. The molecule has 1 amide bonds. The van der Waals surface area contributed by atoms with Crippen molar-refractivity contribution >= 4 is 23.5 Å². The molecule has 1 aromatic heterocycles. The average molecular weight is 364 g/mol. The highest BCUT2D eigenvalue weighted by molar-refractivity contribution is 6.30. The Labute approximate surface area is 149 Å². The van der Waals surface area contributed by atoms with E-state index in [1.165, 1.54) is 11.9 Å². The Bertz CT molecular complexity index is 753. The fourth-order valence-electron chi connectivity index (χ4n) is 2.78. The van der Waals surface area contributed by atoms with E-state index < -0.39 is 0 Å². The molecule has 2 heterocycles. The van der Waals surface area contributed by atoms with E-state index in [0.717, 1.165) is 5.56 Å². The van der Waals surface area contributed by atoms with Gasteiger partial charge in [-0.3, -0.25) is 9.59 Å². The quantitative estimate of drug-likeness (QED) is 0.763. The number of hydrogen-bond donors (Lipinski definition) is 0. The van der Waals surface area contributed by atoms with Crippen molar-refractivity contribution in [1.29, 1.82) is 0 Å².